The van der Waals surface area contributed by atoms with Gasteiger partial charge in [-0.05, 0) is 34.6 Å². The minimum Gasteiger partial charge on any atom is -0.480 e. The van der Waals surface area contributed by atoms with E-state index in [0.717, 1.165) is 11.1 Å². The monoisotopic (exact) mass is 351 g/mol. The summed E-state index contributed by atoms with van der Waals surface area (Å²) in [6, 6.07) is 15.5. The van der Waals surface area contributed by atoms with E-state index >= 15 is 0 Å². The van der Waals surface area contributed by atoms with Crippen LogP contribution in [0, 0.1) is 5.92 Å². The normalized spacial score (nSPS) is 21.3. The Morgan fingerprint density at radius 2 is 1.65 bits per heavy atom. The number of carboxylic acid groups (broad SMARTS) is 1. The Balaban J connectivity index is 1.53. The molecular weight excluding hydrogens is 330 g/mol. The molecular formula is C21H21NO4. The third-order valence-electron chi connectivity index (χ3n) is 5.37. The lowest BCUT2D eigenvalue weighted by molar-refractivity contribution is -0.141. The summed E-state index contributed by atoms with van der Waals surface area (Å²) in [6.45, 7) is 2.59. The molecule has 134 valence electrons. The molecule has 1 aliphatic carbocycles. The van der Waals surface area contributed by atoms with E-state index < -0.39 is 18.1 Å². The van der Waals surface area contributed by atoms with Crippen LogP contribution >= 0.6 is 0 Å². The fraction of sp³-hybridized carbons (Fsp3) is 0.333. The van der Waals surface area contributed by atoms with E-state index in [4.69, 9.17) is 4.74 Å². The first-order chi connectivity index (χ1) is 12.6. The van der Waals surface area contributed by atoms with Crippen LogP contribution in [0.1, 0.15) is 30.4 Å². The molecule has 0 saturated carbocycles. The van der Waals surface area contributed by atoms with Gasteiger partial charge in [-0.1, -0.05) is 55.5 Å². The molecule has 1 fully saturated rings. The lowest BCUT2D eigenvalue weighted by Gasteiger charge is -2.22. The van der Waals surface area contributed by atoms with Crippen LogP contribution in [-0.2, 0) is 9.53 Å². The SMILES string of the molecule is CC1C[C@@H](C(=O)O)N(C(=O)OCC2c3ccccc3-c3ccccc32)C1. The second-order valence-electron chi connectivity index (χ2n) is 7.15. The Kier molecular flexibility index (Phi) is 4.15. The van der Waals surface area contributed by atoms with E-state index in [1.165, 1.54) is 16.0 Å². The van der Waals surface area contributed by atoms with Crippen molar-refractivity contribution in [2.24, 2.45) is 5.92 Å². The molecule has 1 amide bonds. The molecule has 0 aromatic heterocycles. The van der Waals surface area contributed by atoms with Crippen molar-refractivity contribution in [3.05, 3.63) is 59.7 Å². The Labute approximate surface area is 152 Å². The maximum atomic E-state index is 12.5. The fourth-order valence-corrected chi connectivity index (χ4v) is 4.16. The third-order valence-corrected chi connectivity index (χ3v) is 5.37. The van der Waals surface area contributed by atoms with Crippen molar-refractivity contribution in [1.82, 2.24) is 4.90 Å². The summed E-state index contributed by atoms with van der Waals surface area (Å²) in [6.07, 6.45) is -0.0666. The van der Waals surface area contributed by atoms with Gasteiger partial charge in [-0.15, -0.1) is 0 Å². The molecule has 0 spiro atoms. The average Bonchev–Trinajstić information content (AvgIpc) is 3.18. The zero-order valence-electron chi connectivity index (χ0n) is 14.6. The lowest BCUT2D eigenvalue weighted by Crippen LogP contribution is -2.41. The predicted molar refractivity (Wildman–Crippen MR) is 97.0 cm³/mol. The number of carbonyl (C=O) groups excluding carboxylic acids is 1. The maximum absolute atomic E-state index is 12.5. The highest BCUT2D eigenvalue weighted by Gasteiger charge is 2.39. The van der Waals surface area contributed by atoms with Crippen LogP contribution in [0.25, 0.3) is 11.1 Å². The van der Waals surface area contributed by atoms with E-state index in [9.17, 15) is 14.7 Å². The van der Waals surface area contributed by atoms with Gasteiger partial charge < -0.3 is 9.84 Å². The van der Waals surface area contributed by atoms with Crippen molar-refractivity contribution in [2.45, 2.75) is 25.3 Å². The van der Waals surface area contributed by atoms with Gasteiger partial charge in [0.1, 0.15) is 12.6 Å². The summed E-state index contributed by atoms with van der Waals surface area (Å²) in [5, 5.41) is 9.34. The van der Waals surface area contributed by atoms with Gasteiger partial charge in [0.05, 0.1) is 0 Å². The molecule has 1 saturated heterocycles. The van der Waals surface area contributed by atoms with Gasteiger partial charge in [-0.2, -0.15) is 0 Å². The largest absolute Gasteiger partial charge is 0.480 e. The van der Waals surface area contributed by atoms with Gasteiger partial charge in [0.25, 0.3) is 0 Å². The zero-order chi connectivity index (χ0) is 18.3. The molecule has 2 aliphatic rings. The molecule has 0 radical (unpaired) electrons. The zero-order valence-corrected chi connectivity index (χ0v) is 14.6. The Hall–Kier alpha value is -2.82. The summed E-state index contributed by atoms with van der Waals surface area (Å²) in [5.74, 6) is -0.825. The van der Waals surface area contributed by atoms with Gasteiger partial charge >= 0.3 is 12.1 Å². The number of benzene rings is 2. The van der Waals surface area contributed by atoms with Gasteiger partial charge in [0.2, 0.25) is 0 Å². The molecule has 1 unspecified atom stereocenters. The van der Waals surface area contributed by atoms with Crippen molar-refractivity contribution < 1.29 is 19.4 Å². The molecule has 5 heteroatoms. The Morgan fingerprint density at radius 1 is 1.08 bits per heavy atom. The van der Waals surface area contributed by atoms with Gasteiger partial charge in [0.15, 0.2) is 0 Å². The number of likely N-dealkylation sites (tertiary alicyclic amines) is 1. The first kappa shape index (κ1) is 16.6. The summed E-state index contributed by atoms with van der Waals surface area (Å²) in [4.78, 5) is 25.3. The van der Waals surface area contributed by atoms with Crippen LogP contribution < -0.4 is 0 Å². The third kappa shape index (κ3) is 2.73. The van der Waals surface area contributed by atoms with E-state index in [1.807, 2.05) is 31.2 Å². The maximum Gasteiger partial charge on any atom is 0.410 e. The molecule has 1 heterocycles. The average molecular weight is 351 g/mol. The highest BCUT2D eigenvalue weighted by molar-refractivity contribution is 5.81. The van der Waals surface area contributed by atoms with Crippen molar-refractivity contribution >= 4 is 12.1 Å². The Morgan fingerprint density at radius 3 is 2.23 bits per heavy atom. The summed E-state index contributed by atoms with van der Waals surface area (Å²) in [7, 11) is 0. The van der Waals surface area contributed by atoms with Crippen LogP contribution in [0.4, 0.5) is 4.79 Å². The second-order valence-corrected chi connectivity index (χ2v) is 7.15. The molecule has 1 aliphatic heterocycles. The van der Waals surface area contributed by atoms with Gasteiger partial charge in [-0.25, -0.2) is 9.59 Å². The van der Waals surface area contributed by atoms with Crippen LogP contribution in [-0.4, -0.2) is 41.3 Å². The number of ether oxygens (including phenoxy) is 1. The molecule has 2 atom stereocenters. The number of hydrogen-bond donors (Lipinski definition) is 1. The van der Waals surface area contributed by atoms with Crippen molar-refractivity contribution in [3.8, 4) is 11.1 Å². The minimum atomic E-state index is -0.970. The van der Waals surface area contributed by atoms with Gasteiger partial charge in [-0.3, -0.25) is 4.90 Å². The number of hydrogen-bond acceptors (Lipinski definition) is 3. The predicted octanol–water partition coefficient (Wildman–Crippen LogP) is 3.73. The first-order valence-electron chi connectivity index (χ1n) is 8.90. The van der Waals surface area contributed by atoms with Crippen LogP contribution in [0.2, 0.25) is 0 Å². The van der Waals surface area contributed by atoms with Crippen molar-refractivity contribution in [3.63, 3.8) is 0 Å². The summed E-state index contributed by atoms with van der Waals surface area (Å²) >= 11 is 0. The van der Waals surface area contributed by atoms with E-state index in [2.05, 4.69) is 24.3 Å². The highest BCUT2D eigenvalue weighted by atomic mass is 16.6. The number of fused-ring (bicyclic) bond motifs is 3. The summed E-state index contributed by atoms with van der Waals surface area (Å²) < 4.78 is 5.58. The van der Waals surface area contributed by atoms with Crippen LogP contribution in [0.15, 0.2) is 48.5 Å². The number of carbonyl (C=O) groups is 2. The van der Waals surface area contributed by atoms with E-state index in [0.29, 0.717) is 13.0 Å². The molecule has 2 aromatic carbocycles. The molecule has 4 rings (SSSR count). The summed E-state index contributed by atoms with van der Waals surface area (Å²) in [5.41, 5.74) is 4.63. The van der Waals surface area contributed by atoms with E-state index in [-0.39, 0.29) is 18.4 Å². The van der Waals surface area contributed by atoms with E-state index in [1.54, 1.807) is 0 Å². The van der Waals surface area contributed by atoms with Crippen molar-refractivity contribution in [2.75, 3.05) is 13.2 Å². The fourth-order valence-electron chi connectivity index (χ4n) is 4.16. The van der Waals surface area contributed by atoms with Crippen LogP contribution in [0.3, 0.4) is 0 Å². The smallest absolute Gasteiger partial charge is 0.410 e. The highest BCUT2D eigenvalue weighted by Crippen LogP contribution is 2.44. The van der Waals surface area contributed by atoms with Crippen LogP contribution in [0.5, 0.6) is 0 Å². The molecule has 0 bridgehead atoms. The molecule has 2 aromatic rings. The molecule has 5 nitrogen and oxygen atoms in total. The topological polar surface area (TPSA) is 66.8 Å². The first-order valence-corrected chi connectivity index (χ1v) is 8.90. The number of carboxylic acids is 1. The molecule has 1 N–H and O–H groups in total. The number of aliphatic carboxylic acids is 1. The number of rotatable bonds is 3. The van der Waals surface area contributed by atoms with Crippen molar-refractivity contribution in [1.29, 1.82) is 0 Å². The standard InChI is InChI=1S/C21H21NO4/c1-13-10-19(20(23)24)22(11-13)21(25)26-12-18-16-8-4-2-6-14(16)15-7-3-5-9-17(15)18/h2-9,13,18-19H,10-12H2,1H3,(H,23,24)/t13?,19-/m0/s1. The second kappa shape index (κ2) is 6.48. The number of nitrogens with zero attached hydrogens (tertiary/aromatic N) is 1. The minimum absolute atomic E-state index is 0.0188. The lowest BCUT2D eigenvalue weighted by atomic mass is 9.98. The quantitative estimate of drug-likeness (QED) is 0.915. The van der Waals surface area contributed by atoms with Gasteiger partial charge in [0, 0.05) is 12.5 Å². The molecule has 26 heavy (non-hydrogen) atoms. The number of amides is 1. The Bertz CT molecular complexity index is 817.